The Hall–Kier alpha value is -2.08. The maximum atomic E-state index is 10.6. The Morgan fingerprint density at radius 3 is 2.48 bits per heavy atom. The first kappa shape index (κ1) is 15.3. The van der Waals surface area contributed by atoms with E-state index >= 15 is 0 Å². The van der Waals surface area contributed by atoms with Gasteiger partial charge in [-0.15, -0.1) is 0 Å². The number of benzene rings is 1. The molecular formula is C15H21N3O3. The molecule has 1 N–H and O–H groups in total. The number of aliphatic hydroxyl groups excluding tert-OH is 1. The van der Waals surface area contributed by atoms with Crippen LogP contribution in [0.5, 0.6) is 11.5 Å². The zero-order chi connectivity index (χ0) is 15.2. The Bertz CT molecular complexity index is 561. The molecule has 0 aliphatic carbocycles. The van der Waals surface area contributed by atoms with Crippen LogP contribution in [0.15, 0.2) is 24.5 Å². The van der Waals surface area contributed by atoms with Gasteiger partial charge in [-0.05, 0) is 18.6 Å². The summed E-state index contributed by atoms with van der Waals surface area (Å²) in [5.74, 6) is 1.95. The molecule has 0 aliphatic heterocycles. The van der Waals surface area contributed by atoms with Gasteiger partial charge in [0.25, 0.3) is 0 Å². The monoisotopic (exact) mass is 291 g/mol. The fourth-order valence-electron chi connectivity index (χ4n) is 2.33. The van der Waals surface area contributed by atoms with E-state index in [2.05, 4.69) is 17.0 Å². The van der Waals surface area contributed by atoms with E-state index in [-0.39, 0.29) is 0 Å². The number of hydrogen-bond acceptors (Lipinski definition) is 5. The van der Waals surface area contributed by atoms with Crippen molar-refractivity contribution in [1.82, 2.24) is 14.8 Å². The number of aliphatic hydroxyl groups is 1. The molecule has 1 aromatic carbocycles. The summed E-state index contributed by atoms with van der Waals surface area (Å²) >= 11 is 0. The molecule has 6 nitrogen and oxygen atoms in total. The highest BCUT2D eigenvalue weighted by molar-refractivity contribution is 5.46. The van der Waals surface area contributed by atoms with Crippen LogP contribution in [0.4, 0.5) is 0 Å². The van der Waals surface area contributed by atoms with E-state index in [0.717, 1.165) is 18.8 Å². The lowest BCUT2D eigenvalue weighted by molar-refractivity contribution is 0.165. The van der Waals surface area contributed by atoms with E-state index in [0.29, 0.717) is 23.5 Å². The normalized spacial score (nSPS) is 12.2. The van der Waals surface area contributed by atoms with Crippen molar-refractivity contribution in [3.63, 3.8) is 0 Å². The first-order valence-electron chi connectivity index (χ1n) is 6.96. The van der Waals surface area contributed by atoms with Crippen LogP contribution in [-0.4, -0.2) is 34.1 Å². The van der Waals surface area contributed by atoms with Gasteiger partial charge in [0.05, 0.1) is 25.9 Å². The van der Waals surface area contributed by atoms with Gasteiger partial charge in [-0.2, -0.15) is 5.10 Å². The third-order valence-electron chi connectivity index (χ3n) is 3.31. The molecule has 1 unspecified atom stereocenters. The zero-order valence-electron chi connectivity index (χ0n) is 12.6. The summed E-state index contributed by atoms with van der Waals surface area (Å²) in [5.41, 5.74) is 0.633. The van der Waals surface area contributed by atoms with Crippen molar-refractivity contribution in [2.24, 2.45) is 0 Å². The van der Waals surface area contributed by atoms with Gasteiger partial charge >= 0.3 is 0 Å². The van der Waals surface area contributed by atoms with Gasteiger partial charge in [-0.25, -0.2) is 4.98 Å². The zero-order valence-corrected chi connectivity index (χ0v) is 12.6. The lowest BCUT2D eigenvalue weighted by Crippen LogP contribution is -2.12. The predicted molar refractivity (Wildman–Crippen MR) is 78.5 cm³/mol. The average molecular weight is 291 g/mol. The number of methoxy groups -OCH3 is 2. The first-order valence-corrected chi connectivity index (χ1v) is 6.96. The average Bonchev–Trinajstić information content (AvgIpc) is 2.93. The quantitative estimate of drug-likeness (QED) is 0.844. The van der Waals surface area contributed by atoms with Crippen LogP contribution in [0.3, 0.4) is 0 Å². The third kappa shape index (κ3) is 3.33. The summed E-state index contributed by atoms with van der Waals surface area (Å²) < 4.78 is 12.5. The molecule has 2 aromatic rings. The predicted octanol–water partition coefficient (Wildman–Crippen LogP) is 1.98. The van der Waals surface area contributed by atoms with Crippen LogP contribution in [0.1, 0.15) is 30.8 Å². The van der Waals surface area contributed by atoms with Crippen LogP contribution < -0.4 is 9.47 Å². The maximum absolute atomic E-state index is 10.6. The minimum absolute atomic E-state index is 0.358. The fourth-order valence-corrected chi connectivity index (χ4v) is 2.33. The second-order valence-electron chi connectivity index (χ2n) is 4.70. The van der Waals surface area contributed by atoms with Crippen molar-refractivity contribution < 1.29 is 14.6 Å². The molecule has 2 rings (SSSR count). The molecule has 114 valence electrons. The molecule has 0 radical (unpaired) electrons. The smallest absolute Gasteiger partial charge is 0.138 e. The highest BCUT2D eigenvalue weighted by Gasteiger charge is 2.21. The number of aryl methyl sites for hydroxylation is 1. The molecule has 1 atom stereocenters. The van der Waals surface area contributed by atoms with Crippen molar-refractivity contribution >= 4 is 0 Å². The third-order valence-corrected chi connectivity index (χ3v) is 3.31. The molecular weight excluding hydrogens is 270 g/mol. The van der Waals surface area contributed by atoms with E-state index < -0.39 is 6.10 Å². The van der Waals surface area contributed by atoms with Gasteiger partial charge in [0.1, 0.15) is 23.7 Å². The SMILES string of the molecule is CCCn1ncnc1CC(O)c1c(OC)cccc1OC. The topological polar surface area (TPSA) is 69.4 Å². The number of ether oxygens (including phenoxy) is 2. The van der Waals surface area contributed by atoms with Gasteiger partial charge in [-0.3, -0.25) is 4.68 Å². The van der Waals surface area contributed by atoms with E-state index in [4.69, 9.17) is 9.47 Å². The van der Waals surface area contributed by atoms with Crippen LogP contribution >= 0.6 is 0 Å². The first-order chi connectivity index (χ1) is 10.2. The Morgan fingerprint density at radius 1 is 1.24 bits per heavy atom. The van der Waals surface area contributed by atoms with Gasteiger partial charge in [0.2, 0.25) is 0 Å². The van der Waals surface area contributed by atoms with Crippen molar-refractivity contribution in [2.75, 3.05) is 14.2 Å². The summed E-state index contributed by atoms with van der Waals surface area (Å²) in [6.07, 6.45) is 2.06. The molecule has 21 heavy (non-hydrogen) atoms. The molecule has 0 fully saturated rings. The Morgan fingerprint density at radius 2 is 1.90 bits per heavy atom. The van der Waals surface area contributed by atoms with Crippen molar-refractivity contribution in [1.29, 1.82) is 0 Å². The standard InChI is InChI=1S/C15H21N3O3/c1-4-8-18-14(16-10-17-18)9-11(19)15-12(20-2)6-5-7-13(15)21-3/h5-7,10-11,19H,4,8-9H2,1-3H3. The van der Waals surface area contributed by atoms with Gasteiger partial charge < -0.3 is 14.6 Å². The highest BCUT2D eigenvalue weighted by atomic mass is 16.5. The second kappa shape index (κ2) is 7.08. The lowest BCUT2D eigenvalue weighted by atomic mass is 10.0. The molecule has 0 bridgehead atoms. The summed E-state index contributed by atoms with van der Waals surface area (Å²) in [7, 11) is 3.15. The van der Waals surface area contributed by atoms with E-state index in [1.807, 2.05) is 10.7 Å². The number of rotatable bonds is 7. The number of nitrogens with zero attached hydrogens (tertiary/aromatic N) is 3. The molecule has 0 saturated heterocycles. The summed E-state index contributed by atoms with van der Waals surface area (Å²) in [4.78, 5) is 4.22. The molecule has 1 aromatic heterocycles. The van der Waals surface area contributed by atoms with E-state index in [1.54, 1.807) is 26.4 Å². The maximum Gasteiger partial charge on any atom is 0.138 e. The van der Waals surface area contributed by atoms with Crippen molar-refractivity contribution in [3.8, 4) is 11.5 Å². The van der Waals surface area contributed by atoms with Gasteiger partial charge in [0.15, 0.2) is 0 Å². The van der Waals surface area contributed by atoms with Crippen LogP contribution in [0.25, 0.3) is 0 Å². The minimum atomic E-state index is -0.768. The largest absolute Gasteiger partial charge is 0.496 e. The van der Waals surface area contributed by atoms with Gasteiger partial charge in [0, 0.05) is 13.0 Å². The number of hydrogen-bond donors (Lipinski definition) is 1. The van der Waals surface area contributed by atoms with Crippen molar-refractivity contribution in [3.05, 3.63) is 35.9 Å². The summed E-state index contributed by atoms with van der Waals surface area (Å²) in [5, 5.41) is 14.7. The Balaban J connectivity index is 2.27. The van der Waals surface area contributed by atoms with E-state index in [9.17, 15) is 5.11 Å². The molecule has 0 spiro atoms. The minimum Gasteiger partial charge on any atom is -0.496 e. The second-order valence-corrected chi connectivity index (χ2v) is 4.70. The molecule has 0 saturated carbocycles. The van der Waals surface area contributed by atoms with Crippen LogP contribution in [-0.2, 0) is 13.0 Å². The Labute approximate surface area is 124 Å². The van der Waals surface area contributed by atoms with Crippen LogP contribution in [0.2, 0.25) is 0 Å². The van der Waals surface area contributed by atoms with E-state index in [1.165, 1.54) is 6.33 Å². The lowest BCUT2D eigenvalue weighted by Gasteiger charge is -2.18. The fraction of sp³-hybridized carbons (Fsp3) is 0.467. The summed E-state index contributed by atoms with van der Waals surface area (Å²) in [6.45, 7) is 2.86. The van der Waals surface area contributed by atoms with Crippen LogP contribution in [0, 0.1) is 0 Å². The molecule has 1 heterocycles. The Kier molecular flexibility index (Phi) is 5.16. The van der Waals surface area contributed by atoms with Crippen molar-refractivity contribution in [2.45, 2.75) is 32.4 Å². The number of aromatic nitrogens is 3. The molecule has 0 amide bonds. The molecule has 0 aliphatic rings. The highest BCUT2D eigenvalue weighted by Crippen LogP contribution is 2.35. The summed E-state index contributed by atoms with van der Waals surface area (Å²) in [6, 6.07) is 5.43. The molecule has 6 heteroatoms. The van der Waals surface area contributed by atoms with Gasteiger partial charge in [-0.1, -0.05) is 13.0 Å².